The molecule has 128 valence electrons. The molecule has 0 N–H and O–H groups in total. The number of ether oxygens (including phenoxy) is 1. The number of hydrogen-bond acceptors (Lipinski definition) is 4. The van der Waals surface area contributed by atoms with E-state index in [2.05, 4.69) is 26.0 Å². The quantitative estimate of drug-likeness (QED) is 0.675. The molecule has 3 aromatic rings. The number of rotatable bonds is 3. The molecule has 4 rings (SSSR count). The smallest absolute Gasteiger partial charge is 0.259 e. The number of amides is 1. The van der Waals surface area contributed by atoms with Crippen LogP contribution in [0.1, 0.15) is 34.8 Å². The molecule has 2 aromatic heterocycles. The molecule has 6 nitrogen and oxygen atoms in total. The highest BCUT2D eigenvalue weighted by Crippen LogP contribution is 2.34. The standard InChI is InChI=1S/C18H17BrN4O2/c1-25-14-6-4-12(5-7-14)16-3-2-8-22(16)18(24)15-10-21-23-11-13(19)9-20-17(15)23/h4-7,9-11,16H,2-3,8H2,1H3/t16-/m1/s1. The molecule has 0 bridgehead atoms. The molecule has 1 aromatic carbocycles. The molecular formula is C18H17BrN4O2. The van der Waals surface area contributed by atoms with Crippen molar-refractivity contribution in [1.29, 1.82) is 0 Å². The summed E-state index contributed by atoms with van der Waals surface area (Å²) in [6.45, 7) is 0.739. The van der Waals surface area contributed by atoms with E-state index in [1.807, 2.05) is 29.2 Å². The molecule has 25 heavy (non-hydrogen) atoms. The number of likely N-dealkylation sites (tertiary alicyclic amines) is 1. The Labute approximate surface area is 153 Å². The van der Waals surface area contributed by atoms with Gasteiger partial charge in [-0.3, -0.25) is 4.79 Å². The summed E-state index contributed by atoms with van der Waals surface area (Å²) in [4.78, 5) is 19.4. The van der Waals surface area contributed by atoms with E-state index < -0.39 is 0 Å². The zero-order chi connectivity index (χ0) is 17.4. The van der Waals surface area contributed by atoms with E-state index in [9.17, 15) is 4.79 Å². The third kappa shape index (κ3) is 2.89. The summed E-state index contributed by atoms with van der Waals surface area (Å²) in [5.41, 5.74) is 2.24. The van der Waals surface area contributed by atoms with Gasteiger partial charge < -0.3 is 9.64 Å². The Kier molecular flexibility index (Phi) is 4.17. The highest BCUT2D eigenvalue weighted by atomic mass is 79.9. The molecule has 1 saturated heterocycles. The molecule has 0 aliphatic carbocycles. The highest BCUT2D eigenvalue weighted by Gasteiger charge is 2.32. The van der Waals surface area contributed by atoms with Crippen molar-refractivity contribution in [3.63, 3.8) is 0 Å². The number of fused-ring (bicyclic) bond motifs is 1. The van der Waals surface area contributed by atoms with Gasteiger partial charge in [0.05, 0.1) is 23.8 Å². The van der Waals surface area contributed by atoms with Crippen molar-refractivity contribution in [3.8, 4) is 5.75 Å². The molecular weight excluding hydrogens is 384 g/mol. The molecule has 1 aliphatic rings. The Morgan fingerprint density at radius 1 is 1.28 bits per heavy atom. The van der Waals surface area contributed by atoms with Gasteiger partial charge in [0.2, 0.25) is 0 Å². The van der Waals surface area contributed by atoms with E-state index >= 15 is 0 Å². The summed E-state index contributed by atoms with van der Waals surface area (Å²) >= 11 is 3.37. The van der Waals surface area contributed by atoms with E-state index in [0.29, 0.717) is 11.2 Å². The second-order valence-corrected chi connectivity index (χ2v) is 6.94. The second kappa shape index (κ2) is 6.48. The molecule has 0 saturated carbocycles. The Morgan fingerprint density at radius 2 is 2.08 bits per heavy atom. The van der Waals surface area contributed by atoms with Gasteiger partial charge in [0.25, 0.3) is 5.91 Å². The van der Waals surface area contributed by atoms with Crippen LogP contribution in [-0.2, 0) is 0 Å². The van der Waals surface area contributed by atoms with Crippen molar-refractivity contribution in [2.24, 2.45) is 0 Å². The minimum absolute atomic E-state index is 0.0249. The first-order valence-electron chi connectivity index (χ1n) is 8.11. The number of hydrogen-bond donors (Lipinski definition) is 0. The van der Waals surface area contributed by atoms with E-state index in [4.69, 9.17) is 4.74 Å². The van der Waals surface area contributed by atoms with Crippen molar-refractivity contribution in [1.82, 2.24) is 19.5 Å². The van der Waals surface area contributed by atoms with E-state index in [-0.39, 0.29) is 11.9 Å². The maximum atomic E-state index is 13.1. The number of carbonyl (C=O) groups excluding carboxylic acids is 1. The zero-order valence-electron chi connectivity index (χ0n) is 13.7. The van der Waals surface area contributed by atoms with Crippen molar-refractivity contribution >= 4 is 27.5 Å². The average molecular weight is 401 g/mol. The Morgan fingerprint density at radius 3 is 2.84 bits per heavy atom. The van der Waals surface area contributed by atoms with Gasteiger partial charge >= 0.3 is 0 Å². The summed E-state index contributed by atoms with van der Waals surface area (Å²) in [6, 6.07) is 8.00. The SMILES string of the molecule is COc1ccc([C@H]2CCCN2C(=O)c2cnn3cc(Br)cnc23)cc1. The lowest BCUT2D eigenvalue weighted by molar-refractivity contribution is 0.0737. The maximum Gasteiger partial charge on any atom is 0.259 e. The molecule has 7 heteroatoms. The number of methoxy groups -OCH3 is 1. The van der Waals surface area contributed by atoms with Gasteiger partial charge in [-0.1, -0.05) is 12.1 Å². The van der Waals surface area contributed by atoms with Crippen LogP contribution in [0.3, 0.4) is 0 Å². The van der Waals surface area contributed by atoms with Crippen LogP contribution in [0.2, 0.25) is 0 Å². The minimum Gasteiger partial charge on any atom is -0.497 e. The molecule has 1 fully saturated rings. The molecule has 0 spiro atoms. The molecule has 3 heterocycles. The Balaban J connectivity index is 1.65. The fourth-order valence-corrected chi connectivity index (χ4v) is 3.64. The van der Waals surface area contributed by atoms with E-state index in [1.165, 1.54) is 0 Å². The number of carbonyl (C=O) groups is 1. The van der Waals surface area contributed by atoms with Crippen LogP contribution in [0.5, 0.6) is 5.75 Å². The predicted octanol–water partition coefficient (Wildman–Crippen LogP) is 3.48. The molecule has 0 unspecified atom stereocenters. The monoisotopic (exact) mass is 400 g/mol. The summed E-state index contributed by atoms with van der Waals surface area (Å²) < 4.78 is 7.66. The van der Waals surface area contributed by atoms with Crippen molar-refractivity contribution in [2.75, 3.05) is 13.7 Å². The Bertz CT molecular complexity index is 922. The average Bonchev–Trinajstić information content (AvgIpc) is 3.28. The van der Waals surface area contributed by atoms with Gasteiger partial charge in [-0.15, -0.1) is 0 Å². The largest absolute Gasteiger partial charge is 0.497 e. The van der Waals surface area contributed by atoms with Crippen LogP contribution in [-0.4, -0.2) is 39.1 Å². The van der Waals surface area contributed by atoms with E-state index in [1.54, 1.807) is 30.2 Å². The molecule has 1 aliphatic heterocycles. The normalized spacial score (nSPS) is 17.2. The number of nitrogens with zero attached hydrogens (tertiary/aromatic N) is 4. The van der Waals surface area contributed by atoms with Gasteiger partial charge in [0.1, 0.15) is 11.3 Å². The van der Waals surface area contributed by atoms with Crippen molar-refractivity contribution < 1.29 is 9.53 Å². The minimum atomic E-state index is -0.0249. The zero-order valence-corrected chi connectivity index (χ0v) is 15.3. The predicted molar refractivity (Wildman–Crippen MR) is 96.7 cm³/mol. The van der Waals surface area contributed by atoms with Crippen molar-refractivity contribution in [3.05, 3.63) is 58.5 Å². The topological polar surface area (TPSA) is 59.7 Å². The maximum absolute atomic E-state index is 13.1. The van der Waals surface area contributed by atoms with Crippen molar-refractivity contribution in [2.45, 2.75) is 18.9 Å². The number of halogens is 1. The first-order valence-corrected chi connectivity index (χ1v) is 8.90. The first-order chi connectivity index (χ1) is 12.2. The fourth-order valence-electron chi connectivity index (χ4n) is 3.34. The number of aromatic nitrogens is 3. The third-order valence-electron chi connectivity index (χ3n) is 4.57. The van der Waals surface area contributed by atoms with Crippen LogP contribution in [0, 0.1) is 0 Å². The van der Waals surface area contributed by atoms with Crippen LogP contribution in [0.4, 0.5) is 0 Å². The molecule has 0 radical (unpaired) electrons. The number of benzene rings is 1. The van der Waals surface area contributed by atoms with Gasteiger partial charge in [0.15, 0.2) is 5.65 Å². The molecule has 1 atom stereocenters. The van der Waals surface area contributed by atoms with Crippen LogP contribution < -0.4 is 4.74 Å². The van der Waals surface area contributed by atoms with Gasteiger partial charge in [-0.25, -0.2) is 9.50 Å². The lowest BCUT2D eigenvalue weighted by atomic mass is 10.0. The van der Waals surface area contributed by atoms with Gasteiger partial charge in [0, 0.05) is 18.9 Å². The van der Waals surface area contributed by atoms with Crippen LogP contribution >= 0.6 is 15.9 Å². The summed E-state index contributed by atoms with van der Waals surface area (Å²) in [7, 11) is 1.65. The lowest BCUT2D eigenvalue weighted by Gasteiger charge is -2.24. The van der Waals surface area contributed by atoms with Gasteiger partial charge in [-0.2, -0.15) is 5.10 Å². The van der Waals surface area contributed by atoms with Gasteiger partial charge in [-0.05, 0) is 46.5 Å². The summed E-state index contributed by atoms with van der Waals surface area (Å²) in [5.74, 6) is 0.792. The lowest BCUT2D eigenvalue weighted by Crippen LogP contribution is -2.30. The van der Waals surface area contributed by atoms with Crippen LogP contribution in [0.25, 0.3) is 5.65 Å². The first kappa shape index (κ1) is 16.1. The second-order valence-electron chi connectivity index (χ2n) is 6.03. The Hall–Kier alpha value is -2.41. The summed E-state index contributed by atoms with van der Waals surface area (Å²) in [5, 5.41) is 4.25. The molecule has 1 amide bonds. The third-order valence-corrected chi connectivity index (χ3v) is 4.98. The fraction of sp³-hybridized carbons (Fsp3) is 0.278. The van der Waals surface area contributed by atoms with E-state index in [0.717, 1.165) is 35.2 Å². The highest BCUT2D eigenvalue weighted by molar-refractivity contribution is 9.10. The summed E-state index contributed by atoms with van der Waals surface area (Å²) in [6.07, 6.45) is 7.01. The van der Waals surface area contributed by atoms with Crippen LogP contribution in [0.15, 0.2) is 47.3 Å².